The fourth-order valence-electron chi connectivity index (χ4n) is 1.66. The molecule has 6 nitrogen and oxygen atoms in total. The van der Waals surface area contributed by atoms with Crippen LogP contribution in [0.2, 0.25) is 0 Å². The fourth-order valence-corrected chi connectivity index (χ4v) is 3.54. The highest BCUT2D eigenvalue weighted by atomic mass is 32.2. The van der Waals surface area contributed by atoms with Gasteiger partial charge in [-0.1, -0.05) is 13.8 Å². The molecule has 0 spiro atoms. The molecule has 0 aliphatic heterocycles. The molecular formula is C15H28N4O2S2. The van der Waals surface area contributed by atoms with Gasteiger partial charge >= 0.3 is 0 Å². The first kappa shape index (κ1) is 19.9. The van der Waals surface area contributed by atoms with E-state index in [0.29, 0.717) is 25.0 Å². The highest BCUT2D eigenvalue weighted by molar-refractivity contribution is 7.92. The second-order valence-corrected chi connectivity index (χ2v) is 10.4. The molecule has 1 rings (SSSR count). The Morgan fingerprint density at radius 2 is 2.00 bits per heavy atom. The van der Waals surface area contributed by atoms with Crippen LogP contribution >= 0.6 is 11.3 Å². The molecule has 0 fully saturated rings. The maximum absolute atomic E-state index is 12.1. The minimum atomic E-state index is -3.13. The largest absolute Gasteiger partial charge is 0.355 e. The lowest BCUT2D eigenvalue weighted by atomic mass is 10.2. The lowest BCUT2D eigenvalue weighted by Crippen LogP contribution is -2.41. The Morgan fingerprint density at radius 1 is 1.35 bits per heavy atom. The van der Waals surface area contributed by atoms with Crippen molar-refractivity contribution in [2.45, 2.75) is 51.8 Å². The number of rotatable bonds is 6. The molecule has 1 heterocycles. The quantitative estimate of drug-likeness (QED) is 0.600. The summed E-state index contributed by atoms with van der Waals surface area (Å²) in [6.45, 7) is 10.3. The normalized spacial score (nSPS) is 13.4. The number of hydrogen-bond donors (Lipinski definition) is 2. The van der Waals surface area contributed by atoms with E-state index in [1.54, 1.807) is 39.2 Å². The zero-order valence-electron chi connectivity index (χ0n) is 14.8. The minimum absolute atomic E-state index is 0.0753. The molecule has 0 unspecified atom stereocenters. The van der Waals surface area contributed by atoms with Crippen molar-refractivity contribution in [1.29, 1.82) is 0 Å². The van der Waals surface area contributed by atoms with E-state index >= 15 is 0 Å². The molecule has 0 amide bonds. The fraction of sp³-hybridized carbons (Fsp3) is 0.733. The molecule has 0 saturated carbocycles. The van der Waals surface area contributed by atoms with E-state index in [1.165, 1.54) is 0 Å². The van der Waals surface area contributed by atoms with Gasteiger partial charge in [0, 0.05) is 19.0 Å². The Labute approximate surface area is 143 Å². The van der Waals surface area contributed by atoms with E-state index in [4.69, 9.17) is 0 Å². The molecule has 2 N–H and O–H groups in total. The third-order valence-electron chi connectivity index (χ3n) is 3.39. The molecule has 0 aromatic carbocycles. The van der Waals surface area contributed by atoms with E-state index in [2.05, 4.69) is 39.8 Å². The SMILES string of the molecule is CN=C(NCCS(=O)(=O)C(C)(C)C)NCc1nc(C(C)C)cs1. The van der Waals surface area contributed by atoms with E-state index < -0.39 is 14.6 Å². The first-order valence-electron chi connectivity index (χ1n) is 7.68. The average Bonchev–Trinajstić information content (AvgIpc) is 2.90. The van der Waals surface area contributed by atoms with Crippen LogP contribution in [0.15, 0.2) is 10.4 Å². The molecule has 0 atom stereocenters. The zero-order valence-corrected chi connectivity index (χ0v) is 16.4. The predicted molar refractivity (Wildman–Crippen MR) is 97.9 cm³/mol. The Bertz CT molecular complexity index is 628. The van der Waals surface area contributed by atoms with Crippen LogP contribution in [0.4, 0.5) is 0 Å². The monoisotopic (exact) mass is 360 g/mol. The molecule has 0 bridgehead atoms. The predicted octanol–water partition coefficient (Wildman–Crippen LogP) is 2.14. The number of nitrogens with zero attached hydrogens (tertiary/aromatic N) is 2. The zero-order chi connectivity index (χ0) is 17.7. The van der Waals surface area contributed by atoms with Gasteiger partial charge in [0.1, 0.15) is 5.01 Å². The summed E-state index contributed by atoms with van der Waals surface area (Å²) >= 11 is 1.61. The summed E-state index contributed by atoms with van der Waals surface area (Å²) in [4.78, 5) is 8.65. The van der Waals surface area contributed by atoms with Gasteiger partial charge in [0.15, 0.2) is 15.8 Å². The van der Waals surface area contributed by atoms with Gasteiger partial charge in [-0.3, -0.25) is 4.99 Å². The number of guanidine groups is 1. The van der Waals surface area contributed by atoms with Crippen molar-refractivity contribution in [2.24, 2.45) is 4.99 Å². The Morgan fingerprint density at radius 3 is 2.48 bits per heavy atom. The van der Waals surface area contributed by atoms with E-state index in [1.807, 2.05) is 0 Å². The lowest BCUT2D eigenvalue weighted by molar-refractivity contribution is 0.559. The molecule has 0 aliphatic rings. The number of aromatic nitrogens is 1. The topological polar surface area (TPSA) is 83.5 Å². The van der Waals surface area contributed by atoms with Gasteiger partial charge in [-0.15, -0.1) is 11.3 Å². The standard InChI is InChI=1S/C15H28N4O2S2/c1-11(2)12-10-22-13(19-12)9-18-14(16-6)17-7-8-23(20,21)15(3,4)5/h10-11H,7-9H2,1-6H3,(H2,16,17,18). The van der Waals surface area contributed by atoms with Gasteiger partial charge < -0.3 is 10.6 Å². The van der Waals surface area contributed by atoms with Crippen molar-refractivity contribution in [3.63, 3.8) is 0 Å². The maximum Gasteiger partial charge on any atom is 0.191 e. The van der Waals surface area contributed by atoms with Gasteiger partial charge in [-0.25, -0.2) is 13.4 Å². The second-order valence-electron chi connectivity index (χ2n) is 6.60. The summed E-state index contributed by atoms with van der Waals surface area (Å²) in [5.74, 6) is 1.07. The van der Waals surface area contributed by atoms with Gasteiger partial charge in [0.2, 0.25) is 0 Å². The third-order valence-corrected chi connectivity index (χ3v) is 6.86. The highest BCUT2D eigenvalue weighted by Crippen LogP contribution is 2.17. The Hall–Kier alpha value is -1.15. The maximum atomic E-state index is 12.1. The number of thiazole rings is 1. The van der Waals surface area contributed by atoms with E-state index in [0.717, 1.165) is 10.7 Å². The van der Waals surface area contributed by atoms with Crippen molar-refractivity contribution in [1.82, 2.24) is 15.6 Å². The average molecular weight is 361 g/mol. The van der Waals surface area contributed by atoms with Crippen LogP contribution in [0.3, 0.4) is 0 Å². The van der Waals surface area contributed by atoms with Crippen molar-refractivity contribution in [2.75, 3.05) is 19.3 Å². The number of sulfone groups is 1. The Kier molecular flexibility index (Phi) is 7.01. The van der Waals surface area contributed by atoms with Crippen LogP contribution in [-0.2, 0) is 16.4 Å². The molecule has 8 heteroatoms. The van der Waals surface area contributed by atoms with Crippen molar-refractivity contribution in [3.05, 3.63) is 16.1 Å². The molecule has 1 aromatic rings. The van der Waals surface area contributed by atoms with Crippen LogP contribution < -0.4 is 10.6 Å². The van der Waals surface area contributed by atoms with E-state index in [-0.39, 0.29) is 5.75 Å². The van der Waals surface area contributed by atoms with Crippen molar-refractivity contribution in [3.8, 4) is 0 Å². The van der Waals surface area contributed by atoms with Crippen molar-refractivity contribution >= 4 is 27.1 Å². The first-order chi connectivity index (χ1) is 10.6. The summed E-state index contributed by atoms with van der Waals surface area (Å²) < 4.78 is 23.4. The lowest BCUT2D eigenvalue weighted by Gasteiger charge is -2.19. The third kappa shape index (κ3) is 6.10. The van der Waals surface area contributed by atoms with Gasteiger partial charge in [-0.05, 0) is 26.7 Å². The van der Waals surface area contributed by atoms with Crippen LogP contribution in [0.1, 0.15) is 51.2 Å². The minimum Gasteiger partial charge on any atom is -0.355 e. The second kappa shape index (κ2) is 8.10. The molecule has 0 saturated heterocycles. The van der Waals surface area contributed by atoms with Gasteiger partial charge in [0.05, 0.1) is 22.7 Å². The highest BCUT2D eigenvalue weighted by Gasteiger charge is 2.28. The summed E-state index contributed by atoms with van der Waals surface area (Å²) in [5, 5.41) is 9.24. The summed E-state index contributed by atoms with van der Waals surface area (Å²) in [7, 11) is -1.47. The Balaban J connectivity index is 2.46. The summed E-state index contributed by atoms with van der Waals surface area (Å²) in [6.07, 6.45) is 0. The van der Waals surface area contributed by atoms with E-state index in [9.17, 15) is 8.42 Å². The molecule has 132 valence electrons. The van der Waals surface area contributed by atoms with Crippen molar-refractivity contribution < 1.29 is 8.42 Å². The van der Waals surface area contributed by atoms with Crippen LogP contribution in [-0.4, -0.2) is 43.5 Å². The number of aliphatic imine (C=N–C) groups is 1. The molecule has 1 aromatic heterocycles. The van der Waals surface area contributed by atoms with Crippen LogP contribution in [0.5, 0.6) is 0 Å². The first-order valence-corrected chi connectivity index (χ1v) is 10.2. The number of nitrogens with one attached hydrogen (secondary N) is 2. The molecule has 0 radical (unpaired) electrons. The molecule has 0 aliphatic carbocycles. The van der Waals surface area contributed by atoms with Crippen LogP contribution in [0, 0.1) is 0 Å². The van der Waals surface area contributed by atoms with Crippen LogP contribution in [0.25, 0.3) is 0 Å². The molecular weight excluding hydrogens is 332 g/mol. The molecule has 23 heavy (non-hydrogen) atoms. The smallest absolute Gasteiger partial charge is 0.191 e. The number of hydrogen-bond acceptors (Lipinski definition) is 5. The van der Waals surface area contributed by atoms with Gasteiger partial charge in [-0.2, -0.15) is 0 Å². The summed E-state index contributed by atoms with van der Waals surface area (Å²) in [5.41, 5.74) is 1.09. The van der Waals surface area contributed by atoms with Gasteiger partial charge in [0.25, 0.3) is 0 Å². The summed E-state index contributed by atoms with van der Waals surface area (Å²) in [6, 6.07) is 0.